The second kappa shape index (κ2) is 9.43. The van der Waals surface area contributed by atoms with E-state index >= 15 is 0 Å². The highest BCUT2D eigenvalue weighted by Gasteiger charge is 2.26. The number of rotatable bonds is 6. The molecule has 1 saturated carbocycles. The molecule has 3 heterocycles. The first-order chi connectivity index (χ1) is 17.5. The van der Waals surface area contributed by atoms with Crippen LogP contribution in [-0.4, -0.2) is 72.5 Å². The highest BCUT2D eigenvalue weighted by atomic mass is 16.2. The minimum Gasteiger partial charge on any atom is -0.369 e. The third-order valence-corrected chi connectivity index (χ3v) is 7.53. The van der Waals surface area contributed by atoms with E-state index in [4.69, 9.17) is 0 Å². The van der Waals surface area contributed by atoms with Crippen LogP contribution in [0.4, 0.5) is 5.69 Å². The molecule has 0 bridgehead atoms. The molecule has 6 rings (SSSR count). The summed E-state index contributed by atoms with van der Waals surface area (Å²) in [5.41, 5.74) is 7.27. The highest BCUT2D eigenvalue weighted by Crippen LogP contribution is 2.33. The number of aromatic amines is 1. The molecule has 184 valence electrons. The number of benzene rings is 2. The number of hydrogen-bond donors (Lipinski definition) is 1. The number of nitrogens with one attached hydrogen (secondary N) is 1. The number of nitrogens with zero attached hydrogens (tertiary/aromatic N) is 4. The van der Waals surface area contributed by atoms with Crippen molar-refractivity contribution < 1.29 is 4.79 Å². The molecule has 1 amide bonds. The molecule has 0 atom stereocenters. The average Bonchev–Trinajstić information content (AvgIpc) is 3.64. The molecule has 2 fully saturated rings. The molecule has 0 radical (unpaired) electrons. The van der Waals surface area contributed by atoms with Gasteiger partial charge in [-0.25, -0.2) is 4.98 Å². The molecule has 2 aromatic carbocycles. The molecular weight excluding hydrogens is 446 g/mol. The lowest BCUT2D eigenvalue weighted by Crippen LogP contribution is -2.47. The maximum absolute atomic E-state index is 12.2. The van der Waals surface area contributed by atoms with Crippen molar-refractivity contribution in [2.45, 2.75) is 12.8 Å². The van der Waals surface area contributed by atoms with Crippen LogP contribution in [0.2, 0.25) is 0 Å². The maximum atomic E-state index is 12.2. The van der Waals surface area contributed by atoms with E-state index in [9.17, 15) is 4.79 Å². The van der Waals surface area contributed by atoms with Crippen LogP contribution in [0.25, 0.3) is 33.3 Å². The zero-order chi connectivity index (χ0) is 24.6. The van der Waals surface area contributed by atoms with E-state index in [0.717, 1.165) is 46.7 Å². The lowest BCUT2D eigenvalue weighted by atomic mass is 10.0. The van der Waals surface area contributed by atoms with Gasteiger partial charge in [-0.2, -0.15) is 0 Å². The van der Waals surface area contributed by atoms with E-state index in [1.54, 1.807) is 19.0 Å². The van der Waals surface area contributed by atoms with Gasteiger partial charge in [0.05, 0.1) is 0 Å². The summed E-state index contributed by atoms with van der Waals surface area (Å²) in [5.74, 6) is 0.974. The fourth-order valence-corrected chi connectivity index (χ4v) is 5.17. The van der Waals surface area contributed by atoms with Gasteiger partial charge in [0.15, 0.2) is 0 Å². The van der Waals surface area contributed by atoms with Gasteiger partial charge >= 0.3 is 0 Å². The Kier molecular flexibility index (Phi) is 5.97. The molecule has 4 aromatic rings. The first-order valence-corrected chi connectivity index (χ1v) is 12.9. The number of aromatic nitrogens is 2. The summed E-state index contributed by atoms with van der Waals surface area (Å²) < 4.78 is 0. The molecular formula is C30H33N5O. The van der Waals surface area contributed by atoms with Crippen molar-refractivity contribution in [3.8, 4) is 22.3 Å². The van der Waals surface area contributed by atoms with Crippen molar-refractivity contribution in [3.63, 3.8) is 0 Å². The van der Waals surface area contributed by atoms with E-state index in [2.05, 4.69) is 50.1 Å². The van der Waals surface area contributed by atoms with Gasteiger partial charge in [0.25, 0.3) is 5.91 Å². The van der Waals surface area contributed by atoms with Gasteiger partial charge in [-0.15, -0.1) is 0 Å². The fourth-order valence-electron chi connectivity index (χ4n) is 5.17. The zero-order valence-corrected chi connectivity index (χ0v) is 21.1. The topological polar surface area (TPSA) is 55.5 Å². The highest BCUT2D eigenvalue weighted by molar-refractivity contribution is 5.98. The normalized spacial score (nSPS) is 16.4. The molecule has 1 aliphatic heterocycles. The summed E-state index contributed by atoms with van der Waals surface area (Å²) in [6.07, 6.45) is 6.79. The number of carbonyl (C=O) groups is 1. The number of amides is 1. The van der Waals surface area contributed by atoms with Gasteiger partial charge in [0, 0.05) is 87.0 Å². The van der Waals surface area contributed by atoms with Crippen LogP contribution in [0.5, 0.6) is 0 Å². The summed E-state index contributed by atoms with van der Waals surface area (Å²) >= 11 is 0. The van der Waals surface area contributed by atoms with Crippen molar-refractivity contribution in [2.75, 3.05) is 51.7 Å². The first-order valence-electron chi connectivity index (χ1n) is 12.9. The second-order valence-electron chi connectivity index (χ2n) is 10.4. The largest absolute Gasteiger partial charge is 0.369 e. The van der Waals surface area contributed by atoms with Gasteiger partial charge < -0.3 is 14.8 Å². The van der Waals surface area contributed by atoms with Crippen molar-refractivity contribution in [3.05, 3.63) is 72.6 Å². The van der Waals surface area contributed by atoms with Gasteiger partial charge in [0.2, 0.25) is 0 Å². The van der Waals surface area contributed by atoms with Gasteiger partial charge in [-0.05, 0) is 60.2 Å². The molecule has 2 aliphatic rings. The molecule has 6 heteroatoms. The standard InChI is InChI=1S/C30H33N5O/c1-33(2)30(36)24-7-5-23(6-8-24)28-19-32-29-27(28)17-25(18-31-29)22-9-11-26(12-10-22)35-15-13-34(14-16-35)20-21-3-4-21/h5-12,17-19,21H,3-4,13-16,20H2,1-2H3,(H,31,32). The van der Waals surface area contributed by atoms with Gasteiger partial charge in [-0.3, -0.25) is 9.69 Å². The number of pyridine rings is 1. The molecule has 1 aliphatic carbocycles. The van der Waals surface area contributed by atoms with Crippen molar-refractivity contribution in [1.29, 1.82) is 0 Å². The summed E-state index contributed by atoms with van der Waals surface area (Å²) in [4.78, 5) is 27.0. The van der Waals surface area contributed by atoms with Gasteiger partial charge in [0.1, 0.15) is 5.65 Å². The Bertz CT molecular complexity index is 1360. The van der Waals surface area contributed by atoms with Crippen LogP contribution >= 0.6 is 0 Å². The van der Waals surface area contributed by atoms with E-state index in [1.807, 2.05) is 36.7 Å². The van der Waals surface area contributed by atoms with Crippen LogP contribution in [0.15, 0.2) is 67.0 Å². The Morgan fingerprint density at radius 2 is 1.64 bits per heavy atom. The molecule has 0 unspecified atom stereocenters. The van der Waals surface area contributed by atoms with Crippen LogP contribution < -0.4 is 4.90 Å². The SMILES string of the molecule is CN(C)C(=O)c1ccc(-c2c[nH]c3ncc(-c4ccc(N5CCN(CC6CC6)CC5)cc4)cc23)cc1. The number of piperazine rings is 1. The quantitative estimate of drug-likeness (QED) is 0.417. The number of fused-ring (bicyclic) bond motifs is 1. The average molecular weight is 480 g/mol. The first kappa shape index (κ1) is 22.8. The Balaban J connectivity index is 1.20. The van der Waals surface area contributed by atoms with Crippen LogP contribution in [0, 0.1) is 5.92 Å². The third-order valence-electron chi connectivity index (χ3n) is 7.53. The van der Waals surface area contributed by atoms with Crippen LogP contribution in [0.3, 0.4) is 0 Å². The predicted molar refractivity (Wildman–Crippen MR) is 146 cm³/mol. The summed E-state index contributed by atoms with van der Waals surface area (Å²) in [6.45, 7) is 5.83. The number of hydrogen-bond acceptors (Lipinski definition) is 4. The summed E-state index contributed by atoms with van der Waals surface area (Å²) in [6, 6.07) is 18.9. The van der Waals surface area contributed by atoms with Crippen molar-refractivity contribution in [2.24, 2.45) is 5.92 Å². The van der Waals surface area contributed by atoms with E-state index < -0.39 is 0 Å². The number of carbonyl (C=O) groups excluding carboxylic acids is 1. The molecule has 2 aromatic heterocycles. The van der Waals surface area contributed by atoms with E-state index in [0.29, 0.717) is 5.56 Å². The van der Waals surface area contributed by atoms with Crippen molar-refractivity contribution >= 4 is 22.6 Å². The van der Waals surface area contributed by atoms with Gasteiger partial charge in [-0.1, -0.05) is 24.3 Å². The molecule has 36 heavy (non-hydrogen) atoms. The molecule has 1 saturated heterocycles. The summed E-state index contributed by atoms with van der Waals surface area (Å²) in [5, 5.41) is 1.08. The smallest absolute Gasteiger partial charge is 0.253 e. The maximum Gasteiger partial charge on any atom is 0.253 e. The minimum absolute atomic E-state index is 0.00742. The molecule has 1 N–H and O–H groups in total. The van der Waals surface area contributed by atoms with Crippen LogP contribution in [-0.2, 0) is 0 Å². The van der Waals surface area contributed by atoms with E-state index in [-0.39, 0.29) is 5.91 Å². The Morgan fingerprint density at radius 1 is 0.944 bits per heavy atom. The monoisotopic (exact) mass is 479 g/mol. The number of anilines is 1. The van der Waals surface area contributed by atoms with E-state index in [1.165, 1.54) is 43.7 Å². The second-order valence-corrected chi connectivity index (χ2v) is 10.4. The predicted octanol–water partition coefficient (Wildman–Crippen LogP) is 5.13. The molecule has 6 nitrogen and oxygen atoms in total. The Morgan fingerprint density at radius 3 is 2.31 bits per heavy atom. The Labute approximate surface area is 212 Å². The third kappa shape index (κ3) is 4.61. The summed E-state index contributed by atoms with van der Waals surface area (Å²) in [7, 11) is 3.54. The Hall–Kier alpha value is -3.64. The van der Waals surface area contributed by atoms with Crippen molar-refractivity contribution in [1.82, 2.24) is 19.8 Å². The van der Waals surface area contributed by atoms with Crippen LogP contribution in [0.1, 0.15) is 23.2 Å². The zero-order valence-electron chi connectivity index (χ0n) is 21.1. The molecule has 0 spiro atoms. The lowest BCUT2D eigenvalue weighted by Gasteiger charge is -2.36. The number of H-pyrrole nitrogens is 1. The fraction of sp³-hybridized carbons (Fsp3) is 0.333. The lowest BCUT2D eigenvalue weighted by molar-refractivity contribution is 0.0827. The minimum atomic E-state index is 0.00742.